The van der Waals surface area contributed by atoms with E-state index in [2.05, 4.69) is 9.72 Å². The van der Waals surface area contributed by atoms with Gasteiger partial charge in [-0.25, -0.2) is 4.98 Å². The Balaban J connectivity index is 3.31. The van der Waals surface area contributed by atoms with Gasteiger partial charge in [-0.05, 0) is 6.07 Å². The summed E-state index contributed by atoms with van der Waals surface area (Å²) in [5.74, 6) is -2.03. The highest BCUT2D eigenvalue weighted by atomic mass is 19.4. The molecule has 0 fully saturated rings. The summed E-state index contributed by atoms with van der Waals surface area (Å²) in [6.45, 7) is -0.620. The lowest BCUT2D eigenvalue weighted by molar-refractivity contribution is -0.274. The number of hydrogen-bond donors (Lipinski definition) is 2. The first-order valence-electron chi connectivity index (χ1n) is 4.37. The molecule has 18 heavy (non-hydrogen) atoms. The number of alkyl halides is 6. The fourth-order valence-corrected chi connectivity index (χ4v) is 1.16. The van der Waals surface area contributed by atoms with E-state index in [0.29, 0.717) is 0 Å². The molecule has 0 aliphatic carbocycles. The Labute approximate surface area is 96.5 Å². The summed E-state index contributed by atoms with van der Waals surface area (Å²) < 4.78 is 76.6. The van der Waals surface area contributed by atoms with Crippen LogP contribution in [-0.4, -0.2) is 11.3 Å². The maximum absolute atomic E-state index is 12.5. The van der Waals surface area contributed by atoms with E-state index in [0.717, 1.165) is 0 Å². The first-order chi connectivity index (χ1) is 8.04. The van der Waals surface area contributed by atoms with Crippen molar-refractivity contribution in [1.82, 2.24) is 4.98 Å². The predicted molar refractivity (Wildman–Crippen MR) is 48.2 cm³/mol. The molecule has 4 nitrogen and oxygen atoms in total. The minimum atomic E-state index is -5.16. The fourth-order valence-electron chi connectivity index (χ4n) is 1.16. The summed E-state index contributed by atoms with van der Waals surface area (Å²) in [7, 11) is 0. The van der Waals surface area contributed by atoms with Crippen LogP contribution < -0.4 is 16.2 Å². The summed E-state index contributed by atoms with van der Waals surface area (Å²) in [6, 6.07) is 0.123. The van der Waals surface area contributed by atoms with Crippen LogP contribution in [0.2, 0.25) is 0 Å². The Morgan fingerprint density at radius 3 is 2.11 bits per heavy atom. The SMILES string of the molecule is NCc1nc(N)c(OC(F)(F)F)cc1C(F)(F)F. The highest BCUT2D eigenvalue weighted by Gasteiger charge is 2.37. The van der Waals surface area contributed by atoms with Gasteiger partial charge in [-0.2, -0.15) is 13.2 Å². The molecule has 0 bridgehead atoms. The first-order valence-corrected chi connectivity index (χ1v) is 4.37. The molecule has 4 N–H and O–H groups in total. The molecule has 10 heteroatoms. The van der Waals surface area contributed by atoms with E-state index in [-0.39, 0.29) is 6.07 Å². The number of nitrogen functional groups attached to an aromatic ring is 1. The van der Waals surface area contributed by atoms with Crippen LogP contribution in [-0.2, 0) is 12.7 Å². The number of rotatable bonds is 2. The van der Waals surface area contributed by atoms with Crippen LogP contribution in [0.15, 0.2) is 6.07 Å². The van der Waals surface area contributed by atoms with Crippen molar-refractivity contribution in [3.63, 3.8) is 0 Å². The lowest BCUT2D eigenvalue weighted by Gasteiger charge is -2.16. The zero-order chi connectivity index (χ0) is 14.1. The summed E-state index contributed by atoms with van der Waals surface area (Å²) in [4.78, 5) is 3.15. The molecule has 0 aromatic carbocycles. The number of halogens is 6. The van der Waals surface area contributed by atoms with E-state index in [1.807, 2.05) is 0 Å². The largest absolute Gasteiger partial charge is 0.573 e. The van der Waals surface area contributed by atoms with Gasteiger partial charge in [0, 0.05) is 6.54 Å². The summed E-state index contributed by atoms with van der Waals surface area (Å²) >= 11 is 0. The molecule has 0 aliphatic heterocycles. The van der Waals surface area contributed by atoms with Gasteiger partial charge in [-0.1, -0.05) is 0 Å². The van der Waals surface area contributed by atoms with Crippen LogP contribution in [0, 0.1) is 0 Å². The fraction of sp³-hybridized carbons (Fsp3) is 0.375. The average molecular weight is 275 g/mol. The van der Waals surface area contributed by atoms with E-state index in [1.54, 1.807) is 0 Å². The van der Waals surface area contributed by atoms with Gasteiger partial charge in [-0.15, -0.1) is 13.2 Å². The first kappa shape index (κ1) is 14.4. The van der Waals surface area contributed by atoms with Crippen LogP contribution in [0.1, 0.15) is 11.3 Å². The number of aromatic nitrogens is 1. The Morgan fingerprint density at radius 2 is 1.72 bits per heavy atom. The van der Waals surface area contributed by atoms with Gasteiger partial charge in [0.15, 0.2) is 11.6 Å². The zero-order valence-electron chi connectivity index (χ0n) is 8.56. The molecule has 0 spiro atoms. The number of pyridine rings is 1. The molecule has 0 amide bonds. The van der Waals surface area contributed by atoms with Gasteiger partial charge in [0.2, 0.25) is 0 Å². The maximum atomic E-state index is 12.5. The van der Waals surface area contributed by atoms with Crippen LogP contribution >= 0.6 is 0 Å². The third-order valence-corrected chi connectivity index (χ3v) is 1.82. The summed E-state index contributed by atoms with van der Waals surface area (Å²) in [5, 5.41) is 0. The number of hydrogen-bond acceptors (Lipinski definition) is 4. The van der Waals surface area contributed by atoms with Crippen LogP contribution in [0.4, 0.5) is 32.2 Å². The molecular formula is C8H7F6N3O. The Bertz CT molecular complexity index is 442. The second-order valence-corrected chi connectivity index (χ2v) is 3.12. The molecule has 0 atom stereocenters. The smallest absolute Gasteiger partial charge is 0.402 e. The van der Waals surface area contributed by atoms with Crippen LogP contribution in [0.5, 0.6) is 5.75 Å². The van der Waals surface area contributed by atoms with E-state index in [4.69, 9.17) is 11.5 Å². The monoisotopic (exact) mass is 275 g/mol. The van der Waals surface area contributed by atoms with Crippen LogP contribution in [0.25, 0.3) is 0 Å². The van der Waals surface area contributed by atoms with Crippen molar-refractivity contribution in [3.05, 3.63) is 17.3 Å². The van der Waals surface area contributed by atoms with Gasteiger partial charge in [-0.3, -0.25) is 0 Å². The van der Waals surface area contributed by atoms with Crippen molar-refractivity contribution in [2.45, 2.75) is 19.1 Å². The molecular weight excluding hydrogens is 268 g/mol. The summed E-state index contributed by atoms with van der Waals surface area (Å²) in [6.07, 6.45) is -10.1. The third kappa shape index (κ3) is 3.39. The molecule has 1 aromatic heterocycles. The molecule has 0 saturated heterocycles. The quantitative estimate of drug-likeness (QED) is 0.810. The van der Waals surface area contributed by atoms with Gasteiger partial charge in [0.05, 0.1) is 11.3 Å². The molecule has 0 radical (unpaired) electrons. The van der Waals surface area contributed by atoms with E-state index >= 15 is 0 Å². The van der Waals surface area contributed by atoms with E-state index in [1.165, 1.54) is 0 Å². The van der Waals surface area contributed by atoms with Crippen molar-refractivity contribution in [2.75, 3.05) is 5.73 Å². The molecule has 0 saturated carbocycles. The van der Waals surface area contributed by atoms with Crippen molar-refractivity contribution in [2.24, 2.45) is 5.73 Å². The predicted octanol–water partition coefficient (Wildman–Crippen LogP) is 2.04. The van der Waals surface area contributed by atoms with Crippen molar-refractivity contribution in [3.8, 4) is 5.75 Å². The number of ether oxygens (including phenoxy) is 1. The third-order valence-electron chi connectivity index (χ3n) is 1.82. The molecule has 0 aliphatic rings. The lowest BCUT2D eigenvalue weighted by Crippen LogP contribution is -2.21. The highest BCUT2D eigenvalue weighted by Crippen LogP contribution is 2.37. The highest BCUT2D eigenvalue weighted by molar-refractivity contribution is 5.50. The number of anilines is 1. The molecule has 1 aromatic rings. The zero-order valence-corrected chi connectivity index (χ0v) is 8.56. The second kappa shape index (κ2) is 4.52. The van der Waals surface area contributed by atoms with Gasteiger partial charge >= 0.3 is 12.5 Å². The molecule has 1 rings (SSSR count). The van der Waals surface area contributed by atoms with E-state index in [9.17, 15) is 26.3 Å². The molecule has 0 unspecified atom stereocenters. The Hall–Kier alpha value is -1.71. The summed E-state index contributed by atoms with van der Waals surface area (Å²) in [5.41, 5.74) is 7.99. The van der Waals surface area contributed by atoms with Crippen LogP contribution in [0.3, 0.4) is 0 Å². The number of nitrogens with zero attached hydrogens (tertiary/aromatic N) is 1. The van der Waals surface area contributed by atoms with Crippen molar-refractivity contribution >= 4 is 5.82 Å². The van der Waals surface area contributed by atoms with Gasteiger partial charge < -0.3 is 16.2 Å². The second-order valence-electron chi connectivity index (χ2n) is 3.12. The maximum Gasteiger partial charge on any atom is 0.573 e. The minimum absolute atomic E-state index is 0.123. The van der Waals surface area contributed by atoms with Crippen molar-refractivity contribution < 1.29 is 31.1 Å². The normalized spacial score (nSPS) is 12.6. The lowest BCUT2D eigenvalue weighted by atomic mass is 10.1. The minimum Gasteiger partial charge on any atom is -0.402 e. The average Bonchev–Trinajstić information content (AvgIpc) is 2.16. The van der Waals surface area contributed by atoms with Gasteiger partial charge in [0.1, 0.15) is 0 Å². The molecule has 102 valence electrons. The topological polar surface area (TPSA) is 74.2 Å². The Kier molecular flexibility index (Phi) is 3.60. The Morgan fingerprint density at radius 1 is 1.17 bits per heavy atom. The van der Waals surface area contributed by atoms with Crippen molar-refractivity contribution in [1.29, 1.82) is 0 Å². The molecule has 1 heterocycles. The number of nitrogens with two attached hydrogens (primary N) is 2. The van der Waals surface area contributed by atoms with E-state index < -0.39 is 41.9 Å². The standard InChI is InChI=1S/C8H7F6N3O/c9-7(10,11)3-1-5(18-8(12,13)14)6(16)17-4(3)2-15/h1H,2,15H2,(H2,16,17). The van der Waals surface area contributed by atoms with Gasteiger partial charge in [0.25, 0.3) is 0 Å².